The van der Waals surface area contributed by atoms with Crippen molar-refractivity contribution in [3.63, 3.8) is 0 Å². The molecule has 9 heteroatoms. The molecule has 3 N–H and O–H groups in total. The number of benzene rings is 2. The summed E-state index contributed by atoms with van der Waals surface area (Å²) in [7, 11) is 1.60. The average Bonchev–Trinajstić information content (AvgIpc) is 3.37. The van der Waals surface area contributed by atoms with Gasteiger partial charge in [-0.2, -0.15) is 5.10 Å². The maximum Gasteiger partial charge on any atom is 0.407 e. The van der Waals surface area contributed by atoms with Gasteiger partial charge in [0.15, 0.2) is 6.04 Å². The van der Waals surface area contributed by atoms with E-state index in [1.165, 1.54) is 16.9 Å². The minimum absolute atomic E-state index is 0.0630. The number of ether oxygens (including phenoxy) is 1. The van der Waals surface area contributed by atoms with E-state index in [1.807, 2.05) is 36.4 Å². The second kappa shape index (κ2) is 9.78. The number of hydrogen-bond donors (Lipinski definition) is 3. The number of carbonyl (C=O) groups excluding carboxylic acids is 2. The number of aliphatic carboxylic acids is 1. The van der Waals surface area contributed by atoms with Gasteiger partial charge in [-0.15, -0.1) is 0 Å². The molecule has 9 nitrogen and oxygen atoms in total. The van der Waals surface area contributed by atoms with Crippen molar-refractivity contribution >= 4 is 18.0 Å². The van der Waals surface area contributed by atoms with Crippen molar-refractivity contribution in [2.24, 2.45) is 7.05 Å². The summed E-state index contributed by atoms with van der Waals surface area (Å²) >= 11 is 0. The van der Waals surface area contributed by atoms with Crippen LogP contribution in [0.4, 0.5) is 4.79 Å². The summed E-state index contributed by atoms with van der Waals surface area (Å²) in [5.74, 6) is -1.78. The van der Waals surface area contributed by atoms with Crippen molar-refractivity contribution in [3.05, 3.63) is 77.6 Å². The van der Waals surface area contributed by atoms with E-state index in [2.05, 4.69) is 27.9 Å². The van der Waals surface area contributed by atoms with E-state index in [4.69, 9.17) is 4.74 Å². The number of aryl methyl sites for hydroxylation is 1. The van der Waals surface area contributed by atoms with E-state index < -0.39 is 30.1 Å². The molecule has 1 heterocycles. The maximum atomic E-state index is 12.4. The predicted octanol–water partition coefficient (Wildman–Crippen LogP) is 2.98. The van der Waals surface area contributed by atoms with Crippen LogP contribution in [-0.2, 0) is 21.4 Å². The molecule has 2 aromatic carbocycles. The molecule has 0 spiro atoms. The van der Waals surface area contributed by atoms with Crippen molar-refractivity contribution < 1.29 is 24.2 Å². The molecule has 176 valence electrons. The van der Waals surface area contributed by atoms with Gasteiger partial charge in [-0.1, -0.05) is 48.5 Å². The fourth-order valence-corrected chi connectivity index (χ4v) is 4.32. The van der Waals surface area contributed by atoms with Crippen molar-refractivity contribution in [2.75, 3.05) is 6.61 Å². The zero-order chi connectivity index (χ0) is 24.2. The summed E-state index contributed by atoms with van der Waals surface area (Å²) in [4.78, 5) is 36.4. The minimum atomic E-state index is -1.23. The van der Waals surface area contributed by atoms with Crippen LogP contribution in [0.15, 0.2) is 60.8 Å². The molecular formula is C25H26N4O5. The number of nitrogens with one attached hydrogen (secondary N) is 2. The third-order valence-electron chi connectivity index (χ3n) is 5.91. The van der Waals surface area contributed by atoms with E-state index in [0.717, 1.165) is 22.3 Å². The SMILES string of the molecule is C[C@@H](CC(=O)NC(C(=O)O)c1ccnn1C)NC(=O)OCC1c2ccccc2-c2ccccc21. The van der Waals surface area contributed by atoms with Crippen LogP contribution in [0, 0.1) is 0 Å². The number of fused-ring (bicyclic) bond motifs is 3. The largest absolute Gasteiger partial charge is 0.479 e. The number of amides is 2. The van der Waals surface area contributed by atoms with Crippen LogP contribution in [0.1, 0.15) is 42.1 Å². The summed E-state index contributed by atoms with van der Waals surface area (Å²) in [6.07, 6.45) is 0.716. The maximum absolute atomic E-state index is 12.4. The highest BCUT2D eigenvalue weighted by Gasteiger charge is 2.29. The molecule has 0 saturated carbocycles. The molecule has 0 aliphatic heterocycles. The molecule has 0 radical (unpaired) electrons. The van der Waals surface area contributed by atoms with Crippen LogP contribution in [0.5, 0.6) is 0 Å². The smallest absolute Gasteiger partial charge is 0.407 e. The zero-order valence-electron chi connectivity index (χ0n) is 18.9. The molecule has 2 atom stereocenters. The van der Waals surface area contributed by atoms with Crippen molar-refractivity contribution in [3.8, 4) is 11.1 Å². The van der Waals surface area contributed by atoms with E-state index in [9.17, 15) is 19.5 Å². The first-order valence-electron chi connectivity index (χ1n) is 11.0. The fourth-order valence-electron chi connectivity index (χ4n) is 4.32. The number of aromatic nitrogens is 2. The van der Waals surface area contributed by atoms with Gasteiger partial charge in [0.25, 0.3) is 0 Å². The molecule has 1 aliphatic rings. The first kappa shape index (κ1) is 23.0. The normalized spacial score (nSPS) is 13.9. The standard InChI is InChI=1S/C25H26N4O5/c1-15(13-22(30)28-23(24(31)32)21-11-12-26-29(21)2)27-25(33)34-14-20-18-9-5-3-7-16(18)17-8-4-6-10-19(17)20/h3-12,15,20,23H,13-14H2,1-2H3,(H,27,33)(H,28,30)(H,31,32)/t15-,23?/m0/s1. The first-order valence-corrected chi connectivity index (χ1v) is 11.0. The number of rotatable bonds is 8. The Balaban J connectivity index is 1.31. The molecule has 4 rings (SSSR count). The number of nitrogens with zero attached hydrogens (tertiary/aromatic N) is 2. The minimum Gasteiger partial charge on any atom is -0.479 e. The highest BCUT2D eigenvalue weighted by atomic mass is 16.5. The molecule has 3 aromatic rings. The lowest BCUT2D eigenvalue weighted by Crippen LogP contribution is -2.40. The van der Waals surface area contributed by atoms with Gasteiger partial charge in [-0.05, 0) is 35.2 Å². The van der Waals surface area contributed by atoms with Gasteiger partial charge in [-0.25, -0.2) is 9.59 Å². The van der Waals surface area contributed by atoms with Crippen LogP contribution in [0.3, 0.4) is 0 Å². The lowest BCUT2D eigenvalue weighted by atomic mass is 9.98. The van der Waals surface area contributed by atoms with Crippen molar-refractivity contribution in [1.82, 2.24) is 20.4 Å². The predicted molar refractivity (Wildman–Crippen MR) is 124 cm³/mol. The lowest BCUT2D eigenvalue weighted by Gasteiger charge is -2.19. The highest BCUT2D eigenvalue weighted by molar-refractivity contribution is 5.85. The summed E-state index contributed by atoms with van der Waals surface area (Å²) in [6.45, 7) is 1.82. The average molecular weight is 463 g/mol. The Kier molecular flexibility index (Phi) is 6.62. The van der Waals surface area contributed by atoms with E-state index >= 15 is 0 Å². The second-order valence-corrected chi connectivity index (χ2v) is 8.29. The third-order valence-corrected chi connectivity index (χ3v) is 5.91. The van der Waals surface area contributed by atoms with Crippen LogP contribution >= 0.6 is 0 Å². The van der Waals surface area contributed by atoms with Crippen LogP contribution < -0.4 is 10.6 Å². The zero-order valence-corrected chi connectivity index (χ0v) is 18.9. The number of carboxylic acids is 1. The molecule has 2 amide bonds. The molecule has 0 bridgehead atoms. The van der Waals surface area contributed by atoms with Crippen LogP contribution in [0.2, 0.25) is 0 Å². The molecule has 0 saturated heterocycles. The number of hydrogen-bond acceptors (Lipinski definition) is 5. The Bertz CT molecular complexity index is 1180. The van der Waals surface area contributed by atoms with Crippen LogP contribution in [0.25, 0.3) is 11.1 Å². The monoisotopic (exact) mass is 462 g/mol. The Hall–Kier alpha value is -4.14. The van der Waals surface area contributed by atoms with Gasteiger partial charge < -0.3 is 20.5 Å². The fraction of sp³-hybridized carbons (Fsp3) is 0.280. The first-order chi connectivity index (χ1) is 16.3. The molecule has 1 unspecified atom stereocenters. The molecule has 34 heavy (non-hydrogen) atoms. The Morgan fingerprint density at radius 1 is 1.03 bits per heavy atom. The van der Waals surface area contributed by atoms with E-state index in [1.54, 1.807) is 14.0 Å². The highest BCUT2D eigenvalue weighted by Crippen LogP contribution is 2.44. The van der Waals surface area contributed by atoms with Gasteiger partial charge in [-0.3, -0.25) is 9.48 Å². The topological polar surface area (TPSA) is 123 Å². The molecule has 1 aromatic heterocycles. The number of carboxylic acid groups (broad SMARTS) is 1. The number of alkyl carbamates (subject to hydrolysis) is 1. The Labute approximate surface area is 196 Å². The molecule has 1 aliphatic carbocycles. The van der Waals surface area contributed by atoms with E-state index in [0.29, 0.717) is 5.69 Å². The quantitative estimate of drug-likeness (QED) is 0.473. The number of carbonyl (C=O) groups is 3. The summed E-state index contributed by atoms with van der Waals surface area (Å²) in [6, 6.07) is 15.8. The molecule has 0 fully saturated rings. The van der Waals surface area contributed by atoms with Gasteiger partial charge in [0.05, 0.1) is 5.69 Å². The van der Waals surface area contributed by atoms with Gasteiger partial charge in [0, 0.05) is 31.6 Å². The van der Waals surface area contributed by atoms with Gasteiger partial charge in [0.2, 0.25) is 5.91 Å². The Morgan fingerprint density at radius 3 is 2.21 bits per heavy atom. The lowest BCUT2D eigenvalue weighted by molar-refractivity contribution is -0.142. The van der Waals surface area contributed by atoms with E-state index in [-0.39, 0.29) is 18.9 Å². The Morgan fingerprint density at radius 2 is 1.65 bits per heavy atom. The summed E-state index contributed by atoms with van der Waals surface area (Å²) < 4.78 is 6.88. The van der Waals surface area contributed by atoms with Crippen LogP contribution in [-0.4, -0.2) is 45.5 Å². The van der Waals surface area contributed by atoms with Crippen molar-refractivity contribution in [1.29, 1.82) is 0 Å². The van der Waals surface area contributed by atoms with Gasteiger partial charge >= 0.3 is 12.1 Å². The summed E-state index contributed by atoms with van der Waals surface area (Å²) in [5.41, 5.74) is 4.84. The molecular weight excluding hydrogens is 436 g/mol. The second-order valence-electron chi connectivity index (χ2n) is 8.29. The van der Waals surface area contributed by atoms with Crippen molar-refractivity contribution in [2.45, 2.75) is 31.3 Å². The summed E-state index contributed by atoms with van der Waals surface area (Å²) in [5, 5.41) is 18.5. The van der Waals surface area contributed by atoms with Gasteiger partial charge in [0.1, 0.15) is 6.61 Å². The third kappa shape index (κ3) is 4.78.